The van der Waals surface area contributed by atoms with Gasteiger partial charge in [0.1, 0.15) is 11.6 Å². The number of hydrogen-bond acceptors (Lipinski definition) is 6. The highest BCUT2D eigenvalue weighted by atomic mass is 16.5. The van der Waals surface area contributed by atoms with E-state index >= 15 is 0 Å². The first-order valence-electron chi connectivity index (χ1n) is 8.18. The van der Waals surface area contributed by atoms with Gasteiger partial charge in [0.15, 0.2) is 5.82 Å². The number of carbonyl (C=O) groups is 1. The average Bonchev–Trinajstić information content (AvgIpc) is 3.12. The number of anilines is 1. The van der Waals surface area contributed by atoms with Crippen LogP contribution in [0.25, 0.3) is 5.82 Å². The summed E-state index contributed by atoms with van der Waals surface area (Å²) in [5, 5.41) is 18.5. The lowest BCUT2D eigenvalue weighted by Gasteiger charge is -2.08. The highest BCUT2D eigenvalue weighted by molar-refractivity contribution is 5.94. The van der Waals surface area contributed by atoms with Crippen molar-refractivity contribution < 1.29 is 9.53 Å². The molecule has 1 amide bonds. The fraction of sp³-hybridized carbons (Fsp3) is 0.222. The van der Waals surface area contributed by atoms with E-state index in [4.69, 9.17) is 4.74 Å². The maximum absolute atomic E-state index is 12.0. The zero-order chi connectivity index (χ0) is 18.4. The largest absolute Gasteiger partial charge is 0.497 e. The van der Waals surface area contributed by atoms with Crippen molar-refractivity contribution in [2.75, 3.05) is 25.5 Å². The third kappa shape index (κ3) is 4.35. The summed E-state index contributed by atoms with van der Waals surface area (Å²) in [5.74, 6) is 1.87. The second kappa shape index (κ2) is 8.11. The molecule has 3 rings (SSSR count). The van der Waals surface area contributed by atoms with Crippen molar-refractivity contribution in [2.24, 2.45) is 0 Å². The highest BCUT2D eigenvalue weighted by Crippen LogP contribution is 2.11. The van der Waals surface area contributed by atoms with Crippen LogP contribution in [0.15, 0.2) is 48.7 Å². The van der Waals surface area contributed by atoms with E-state index in [0.29, 0.717) is 30.3 Å². The fourth-order valence-electron chi connectivity index (χ4n) is 2.30. The lowest BCUT2D eigenvalue weighted by atomic mass is 10.2. The van der Waals surface area contributed by atoms with Crippen molar-refractivity contribution in [1.82, 2.24) is 25.3 Å². The lowest BCUT2D eigenvalue weighted by Crippen LogP contribution is -2.28. The third-order valence-corrected chi connectivity index (χ3v) is 3.68. The van der Waals surface area contributed by atoms with E-state index in [1.54, 1.807) is 36.1 Å². The predicted octanol–water partition coefficient (Wildman–Crippen LogP) is 1.82. The molecule has 0 aliphatic carbocycles. The summed E-state index contributed by atoms with van der Waals surface area (Å²) in [7, 11) is 1.59. The topological polar surface area (TPSA) is 94.0 Å². The van der Waals surface area contributed by atoms with Crippen LogP contribution in [-0.4, -0.2) is 46.1 Å². The Hall–Kier alpha value is -3.42. The van der Waals surface area contributed by atoms with Crippen LogP contribution in [-0.2, 0) is 0 Å². The van der Waals surface area contributed by atoms with E-state index < -0.39 is 0 Å². The Bertz CT molecular complexity index is 858. The van der Waals surface area contributed by atoms with Crippen LogP contribution in [0.4, 0.5) is 5.82 Å². The second-order valence-electron chi connectivity index (χ2n) is 5.59. The smallest absolute Gasteiger partial charge is 0.251 e. The van der Waals surface area contributed by atoms with Crippen molar-refractivity contribution in [2.45, 2.75) is 6.92 Å². The van der Waals surface area contributed by atoms with E-state index in [2.05, 4.69) is 25.9 Å². The molecule has 0 saturated heterocycles. The van der Waals surface area contributed by atoms with Crippen LogP contribution in [0.1, 0.15) is 16.1 Å². The average molecular weight is 352 g/mol. The van der Waals surface area contributed by atoms with Crippen molar-refractivity contribution >= 4 is 11.7 Å². The summed E-state index contributed by atoms with van der Waals surface area (Å²) >= 11 is 0. The Kier molecular flexibility index (Phi) is 5.43. The SMILES string of the molecule is COc1ccc(C(=O)NCCNc2ccc(-n3ccc(C)n3)nn2)cc1. The number of carbonyl (C=O) groups excluding carboxylic acids is 1. The Labute approximate surface area is 151 Å². The monoisotopic (exact) mass is 352 g/mol. The molecule has 2 aromatic heterocycles. The highest BCUT2D eigenvalue weighted by Gasteiger charge is 2.05. The molecule has 8 heteroatoms. The molecule has 0 aliphatic rings. The minimum atomic E-state index is -0.134. The molecular weight excluding hydrogens is 332 g/mol. The molecule has 1 aromatic carbocycles. The van der Waals surface area contributed by atoms with Gasteiger partial charge in [-0.3, -0.25) is 4.79 Å². The van der Waals surface area contributed by atoms with Gasteiger partial charge in [0.2, 0.25) is 0 Å². The predicted molar refractivity (Wildman–Crippen MR) is 97.7 cm³/mol. The summed E-state index contributed by atoms with van der Waals surface area (Å²) in [6.07, 6.45) is 1.83. The number of amides is 1. The number of benzene rings is 1. The molecule has 2 N–H and O–H groups in total. The van der Waals surface area contributed by atoms with E-state index in [1.165, 1.54) is 0 Å². The molecule has 3 aromatic rings. The quantitative estimate of drug-likeness (QED) is 0.630. The van der Waals surface area contributed by atoms with Crippen LogP contribution in [0.2, 0.25) is 0 Å². The van der Waals surface area contributed by atoms with Crippen LogP contribution < -0.4 is 15.4 Å². The van der Waals surface area contributed by atoms with Crippen LogP contribution in [0.3, 0.4) is 0 Å². The number of aryl methyl sites for hydroxylation is 1. The van der Waals surface area contributed by atoms with E-state index in [-0.39, 0.29) is 5.91 Å². The minimum Gasteiger partial charge on any atom is -0.497 e. The first-order chi connectivity index (χ1) is 12.7. The summed E-state index contributed by atoms with van der Waals surface area (Å²) in [5.41, 5.74) is 1.51. The molecule has 0 aliphatic heterocycles. The zero-order valence-electron chi connectivity index (χ0n) is 14.6. The Morgan fingerprint density at radius 3 is 2.50 bits per heavy atom. The summed E-state index contributed by atoms with van der Waals surface area (Å²) in [6, 6.07) is 12.5. The molecule has 0 radical (unpaired) electrons. The molecule has 26 heavy (non-hydrogen) atoms. The van der Waals surface area contributed by atoms with Gasteiger partial charge in [-0.15, -0.1) is 10.2 Å². The van der Waals surface area contributed by atoms with Gasteiger partial charge in [0.05, 0.1) is 12.8 Å². The van der Waals surface area contributed by atoms with Crippen LogP contribution in [0, 0.1) is 6.92 Å². The van der Waals surface area contributed by atoms with Crippen molar-refractivity contribution in [3.8, 4) is 11.6 Å². The maximum Gasteiger partial charge on any atom is 0.251 e. The van der Waals surface area contributed by atoms with Crippen molar-refractivity contribution in [1.29, 1.82) is 0 Å². The maximum atomic E-state index is 12.0. The summed E-state index contributed by atoms with van der Waals surface area (Å²) < 4.78 is 6.74. The first-order valence-corrected chi connectivity index (χ1v) is 8.18. The fourth-order valence-corrected chi connectivity index (χ4v) is 2.30. The van der Waals surface area contributed by atoms with Gasteiger partial charge in [-0.25, -0.2) is 4.68 Å². The molecular formula is C18H20N6O2. The van der Waals surface area contributed by atoms with Gasteiger partial charge in [-0.05, 0) is 49.4 Å². The molecule has 0 atom stereocenters. The minimum absolute atomic E-state index is 0.134. The Morgan fingerprint density at radius 1 is 1.08 bits per heavy atom. The molecule has 0 saturated carbocycles. The Morgan fingerprint density at radius 2 is 1.88 bits per heavy atom. The number of nitrogens with one attached hydrogen (secondary N) is 2. The lowest BCUT2D eigenvalue weighted by molar-refractivity contribution is 0.0955. The molecule has 0 unspecified atom stereocenters. The molecule has 134 valence electrons. The number of rotatable bonds is 7. The first kappa shape index (κ1) is 17.4. The Balaban J connectivity index is 1.45. The van der Waals surface area contributed by atoms with Gasteiger partial charge < -0.3 is 15.4 Å². The number of aromatic nitrogens is 4. The van der Waals surface area contributed by atoms with Crippen molar-refractivity contribution in [3.05, 3.63) is 59.9 Å². The zero-order valence-corrected chi connectivity index (χ0v) is 14.6. The normalized spacial score (nSPS) is 10.4. The van der Waals surface area contributed by atoms with Gasteiger partial charge in [0.25, 0.3) is 5.91 Å². The van der Waals surface area contributed by atoms with Gasteiger partial charge >= 0.3 is 0 Å². The molecule has 2 heterocycles. The van der Waals surface area contributed by atoms with Gasteiger partial charge in [-0.2, -0.15) is 5.10 Å². The summed E-state index contributed by atoms with van der Waals surface area (Å²) in [4.78, 5) is 12.0. The van der Waals surface area contributed by atoms with E-state index in [9.17, 15) is 4.79 Å². The second-order valence-corrected chi connectivity index (χ2v) is 5.59. The number of nitrogens with zero attached hydrogens (tertiary/aromatic N) is 4. The third-order valence-electron chi connectivity index (χ3n) is 3.68. The summed E-state index contributed by atoms with van der Waals surface area (Å²) in [6.45, 7) is 2.92. The van der Waals surface area contributed by atoms with E-state index in [1.807, 2.05) is 31.3 Å². The van der Waals surface area contributed by atoms with E-state index in [0.717, 1.165) is 11.4 Å². The number of methoxy groups -OCH3 is 1. The number of hydrogen-bond donors (Lipinski definition) is 2. The van der Waals surface area contributed by atoms with Crippen molar-refractivity contribution in [3.63, 3.8) is 0 Å². The molecule has 0 spiro atoms. The molecule has 8 nitrogen and oxygen atoms in total. The molecule has 0 fully saturated rings. The number of ether oxygens (including phenoxy) is 1. The van der Waals surface area contributed by atoms with Crippen LogP contribution in [0.5, 0.6) is 5.75 Å². The molecule has 0 bridgehead atoms. The van der Waals surface area contributed by atoms with Gasteiger partial charge in [0, 0.05) is 24.8 Å². The van der Waals surface area contributed by atoms with Gasteiger partial charge in [-0.1, -0.05) is 0 Å². The standard InChI is InChI=1S/C18H20N6O2/c1-13-9-12-24(23-13)17-8-7-16(21-22-17)19-10-11-20-18(25)14-3-5-15(26-2)6-4-14/h3-9,12H,10-11H2,1-2H3,(H,19,21)(H,20,25). The van der Waals surface area contributed by atoms with Crippen LogP contribution >= 0.6 is 0 Å².